The molecule has 6 heterocycles. The Bertz CT molecular complexity index is 1630. The summed E-state index contributed by atoms with van der Waals surface area (Å²) >= 11 is 0. The van der Waals surface area contributed by atoms with Crippen LogP contribution >= 0.6 is 0 Å². The van der Waals surface area contributed by atoms with Gasteiger partial charge in [-0.1, -0.05) is 0 Å². The summed E-state index contributed by atoms with van der Waals surface area (Å²) in [7, 11) is 0. The molecule has 0 aliphatic heterocycles. The van der Waals surface area contributed by atoms with Gasteiger partial charge in [0.1, 0.15) is 0 Å². The minimum absolute atomic E-state index is 1.17. The molecule has 6 aromatic rings. The molecule has 0 spiro atoms. The number of hydrogen-bond donors (Lipinski definition) is 6. The highest BCUT2D eigenvalue weighted by Gasteiger charge is 2.05. The molecule has 0 unspecified atom stereocenters. The lowest BCUT2D eigenvalue weighted by molar-refractivity contribution is -0.159. The molecule has 0 radical (unpaired) electrons. The van der Waals surface area contributed by atoms with E-state index in [1.165, 1.54) is 33.4 Å². The smallest absolute Gasteiger partial charge is 0.414 e. The summed E-state index contributed by atoms with van der Waals surface area (Å²) in [6, 6.07) is 23.8. The van der Waals surface area contributed by atoms with Gasteiger partial charge in [-0.3, -0.25) is 29.9 Å². The molecule has 276 valence electrons. The molecule has 54 heavy (non-hydrogen) atoms. The predicted molar refractivity (Wildman–Crippen MR) is 188 cm³/mol. The van der Waals surface area contributed by atoms with E-state index < -0.39 is 35.8 Å². The molecule has 18 heteroatoms. The van der Waals surface area contributed by atoms with Crippen LogP contribution in [0.4, 0.5) is 0 Å². The second-order valence-electron chi connectivity index (χ2n) is 9.25. The molecule has 0 saturated heterocycles. The standard InChI is InChI=1S/3C10H8N2.3C2H2O4/c3*1-5-11-6-2-9(1)10-3-7-12-8-4-10;3*3-1(4)2(5)6/h3*1-8H;3*(H,3,4)(H,5,6). The van der Waals surface area contributed by atoms with E-state index in [1.807, 2.05) is 72.8 Å². The van der Waals surface area contributed by atoms with Crippen LogP contribution < -0.4 is 0 Å². The quantitative estimate of drug-likeness (QED) is 0.140. The van der Waals surface area contributed by atoms with Gasteiger partial charge in [-0.2, -0.15) is 0 Å². The summed E-state index contributed by atoms with van der Waals surface area (Å²) in [4.78, 5) is 78.3. The Morgan fingerprint density at radius 1 is 0.241 bits per heavy atom. The average Bonchev–Trinajstić information content (AvgIpc) is 3.21. The van der Waals surface area contributed by atoms with Crippen molar-refractivity contribution in [1.29, 1.82) is 0 Å². The van der Waals surface area contributed by atoms with Gasteiger partial charge in [-0.25, -0.2) is 28.8 Å². The number of nitrogens with zero attached hydrogens (tertiary/aromatic N) is 6. The number of aliphatic carboxylic acids is 6. The van der Waals surface area contributed by atoms with E-state index in [4.69, 9.17) is 59.4 Å². The zero-order valence-corrected chi connectivity index (χ0v) is 27.7. The first kappa shape index (κ1) is 43.7. The molecule has 6 aromatic heterocycles. The third-order valence-corrected chi connectivity index (χ3v) is 5.63. The van der Waals surface area contributed by atoms with Gasteiger partial charge in [0.05, 0.1) is 0 Å². The van der Waals surface area contributed by atoms with Gasteiger partial charge in [-0.05, 0) is 106 Å². The predicted octanol–water partition coefficient (Wildman–Crippen LogP) is 3.90. The van der Waals surface area contributed by atoms with Crippen molar-refractivity contribution in [3.05, 3.63) is 147 Å². The molecule has 0 aliphatic rings. The molecule has 0 aliphatic carbocycles. The van der Waals surface area contributed by atoms with Gasteiger partial charge < -0.3 is 30.6 Å². The van der Waals surface area contributed by atoms with E-state index >= 15 is 0 Å². The lowest BCUT2D eigenvalue weighted by atomic mass is 10.1. The third-order valence-electron chi connectivity index (χ3n) is 5.63. The first-order valence-corrected chi connectivity index (χ1v) is 14.6. The minimum atomic E-state index is -1.82. The highest BCUT2D eigenvalue weighted by atomic mass is 16.5. The number of rotatable bonds is 3. The molecule has 6 N–H and O–H groups in total. The van der Waals surface area contributed by atoms with Crippen LogP contribution in [0.15, 0.2) is 147 Å². The highest BCUT2D eigenvalue weighted by Crippen LogP contribution is 2.17. The number of carboxylic acid groups (broad SMARTS) is 6. The summed E-state index contributed by atoms with van der Waals surface area (Å²) in [6.07, 6.45) is 21.4. The SMILES string of the molecule is O=C(O)C(=O)O.O=C(O)C(=O)O.O=C(O)C(=O)O.c1cc(-c2ccncc2)ccn1.c1cc(-c2ccncc2)ccn1.c1cc(-c2ccncc2)ccn1. The second-order valence-corrected chi connectivity index (χ2v) is 9.25. The normalized spacial score (nSPS) is 8.89. The van der Waals surface area contributed by atoms with Crippen molar-refractivity contribution in [2.45, 2.75) is 0 Å². The maximum Gasteiger partial charge on any atom is 0.414 e. The molecular weight excluding hydrogens is 708 g/mol. The number of hydrogen-bond acceptors (Lipinski definition) is 12. The Kier molecular flexibility index (Phi) is 20.8. The molecule has 6 rings (SSSR count). The second kappa shape index (κ2) is 25.7. The molecule has 0 bridgehead atoms. The zero-order chi connectivity index (χ0) is 40.1. The number of pyridine rings is 6. The van der Waals surface area contributed by atoms with E-state index in [9.17, 15) is 0 Å². The van der Waals surface area contributed by atoms with E-state index in [1.54, 1.807) is 74.4 Å². The van der Waals surface area contributed by atoms with Gasteiger partial charge >= 0.3 is 35.8 Å². The third kappa shape index (κ3) is 19.7. The molecule has 0 aromatic carbocycles. The van der Waals surface area contributed by atoms with Gasteiger partial charge in [0.15, 0.2) is 0 Å². The summed E-state index contributed by atoms with van der Waals surface area (Å²) in [5, 5.41) is 44.3. The van der Waals surface area contributed by atoms with Crippen molar-refractivity contribution in [3.63, 3.8) is 0 Å². The topological polar surface area (TPSA) is 301 Å². The lowest BCUT2D eigenvalue weighted by Crippen LogP contribution is -2.09. The first-order chi connectivity index (χ1) is 25.8. The number of aromatic nitrogens is 6. The molecule has 0 amide bonds. The van der Waals surface area contributed by atoms with Crippen LogP contribution in [0.1, 0.15) is 0 Å². The molecule has 0 atom stereocenters. The maximum atomic E-state index is 9.10. The van der Waals surface area contributed by atoms with E-state index in [0.29, 0.717) is 0 Å². The zero-order valence-electron chi connectivity index (χ0n) is 27.7. The Balaban J connectivity index is 0.000000335. The lowest BCUT2D eigenvalue weighted by Gasteiger charge is -1.97. The van der Waals surface area contributed by atoms with Crippen molar-refractivity contribution in [1.82, 2.24) is 29.9 Å². The van der Waals surface area contributed by atoms with Crippen LogP contribution in [0, 0.1) is 0 Å². The van der Waals surface area contributed by atoms with Crippen LogP contribution in [-0.2, 0) is 28.8 Å². The molecule has 18 nitrogen and oxygen atoms in total. The molecule has 0 fully saturated rings. The molecular formula is C36H30N6O12. The monoisotopic (exact) mass is 738 g/mol. The summed E-state index contributed by atoms with van der Waals surface area (Å²) in [6.45, 7) is 0. The van der Waals surface area contributed by atoms with Crippen LogP contribution in [0.5, 0.6) is 0 Å². The Morgan fingerprint density at radius 2 is 0.333 bits per heavy atom. The van der Waals surface area contributed by atoms with Gasteiger partial charge in [0, 0.05) is 74.4 Å². The fourth-order valence-electron chi connectivity index (χ4n) is 3.27. The number of carboxylic acids is 6. The molecule has 0 saturated carbocycles. The Morgan fingerprint density at radius 3 is 0.407 bits per heavy atom. The van der Waals surface area contributed by atoms with Crippen molar-refractivity contribution in [3.8, 4) is 33.4 Å². The van der Waals surface area contributed by atoms with Crippen LogP contribution in [-0.4, -0.2) is 96.4 Å². The van der Waals surface area contributed by atoms with Crippen LogP contribution in [0.3, 0.4) is 0 Å². The van der Waals surface area contributed by atoms with Crippen molar-refractivity contribution < 1.29 is 59.4 Å². The van der Waals surface area contributed by atoms with Crippen molar-refractivity contribution in [2.75, 3.05) is 0 Å². The van der Waals surface area contributed by atoms with Crippen molar-refractivity contribution in [2.24, 2.45) is 0 Å². The summed E-state index contributed by atoms with van der Waals surface area (Å²) in [5.41, 5.74) is 7.04. The Labute approximate surface area is 305 Å². The minimum Gasteiger partial charge on any atom is -0.473 e. The first-order valence-electron chi connectivity index (χ1n) is 14.6. The maximum absolute atomic E-state index is 9.10. The van der Waals surface area contributed by atoms with Crippen LogP contribution in [0.25, 0.3) is 33.4 Å². The van der Waals surface area contributed by atoms with E-state index in [-0.39, 0.29) is 0 Å². The largest absolute Gasteiger partial charge is 0.473 e. The van der Waals surface area contributed by atoms with E-state index in [2.05, 4.69) is 29.9 Å². The summed E-state index contributed by atoms with van der Waals surface area (Å²) in [5.74, 6) is -10.9. The van der Waals surface area contributed by atoms with Gasteiger partial charge in [-0.15, -0.1) is 0 Å². The number of carbonyl (C=O) groups is 6. The van der Waals surface area contributed by atoms with Crippen molar-refractivity contribution >= 4 is 35.8 Å². The van der Waals surface area contributed by atoms with E-state index in [0.717, 1.165) is 0 Å². The highest BCUT2D eigenvalue weighted by molar-refractivity contribution is 6.28. The van der Waals surface area contributed by atoms with Crippen LogP contribution in [0.2, 0.25) is 0 Å². The fraction of sp³-hybridized carbons (Fsp3) is 0. The van der Waals surface area contributed by atoms with Gasteiger partial charge in [0.25, 0.3) is 0 Å². The Hall–Kier alpha value is -8.28. The van der Waals surface area contributed by atoms with Gasteiger partial charge in [0.2, 0.25) is 0 Å². The average molecular weight is 739 g/mol. The summed E-state index contributed by atoms with van der Waals surface area (Å²) < 4.78 is 0. The fourth-order valence-corrected chi connectivity index (χ4v) is 3.27.